The van der Waals surface area contributed by atoms with Gasteiger partial charge in [0.2, 0.25) is 0 Å². The molecule has 2 rings (SSSR count). The monoisotopic (exact) mass is 285 g/mol. The lowest BCUT2D eigenvalue weighted by atomic mass is 10.3. The highest BCUT2D eigenvalue weighted by molar-refractivity contribution is 6.43. The van der Waals surface area contributed by atoms with E-state index in [0.717, 1.165) is 0 Å². The first-order valence-electron chi connectivity index (χ1n) is 5.18. The summed E-state index contributed by atoms with van der Waals surface area (Å²) in [6.07, 6.45) is 0.531. The molecule has 0 saturated carbocycles. The number of rotatable bonds is 3. The van der Waals surface area contributed by atoms with Crippen LogP contribution >= 0.6 is 23.2 Å². The van der Waals surface area contributed by atoms with E-state index in [2.05, 4.69) is 10.1 Å². The number of carboxylic acid groups (broad SMARTS) is 1. The Bertz CT molecular complexity index is 610. The normalized spacial score (nSPS) is 10.6. The van der Waals surface area contributed by atoms with E-state index in [1.54, 1.807) is 18.2 Å². The van der Waals surface area contributed by atoms with E-state index >= 15 is 0 Å². The molecule has 1 heterocycles. The second kappa shape index (κ2) is 4.96. The molecule has 0 spiro atoms. The number of benzene rings is 1. The Morgan fingerprint density at radius 2 is 2.17 bits per heavy atom. The van der Waals surface area contributed by atoms with Crippen LogP contribution in [0.25, 0.3) is 5.69 Å². The maximum atomic E-state index is 10.9. The SMILES string of the molecule is CCc1nc(C(=O)O)nn1-c1cccc(Cl)c1Cl. The number of nitrogens with zero attached hydrogens (tertiary/aromatic N) is 3. The zero-order valence-corrected chi connectivity index (χ0v) is 10.9. The second-order valence-electron chi connectivity index (χ2n) is 3.50. The van der Waals surface area contributed by atoms with Crippen LogP contribution in [0.4, 0.5) is 0 Å². The number of aromatic nitrogens is 3. The molecule has 0 amide bonds. The highest BCUT2D eigenvalue weighted by Crippen LogP contribution is 2.28. The molecule has 1 aromatic heterocycles. The molecule has 7 heteroatoms. The van der Waals surface area contributed by atoms with E-state index in [-0.39, 0.29) is 5.82 Å². The first-order valence-corrected chi connectivity index (χ1v) is 5.93. The van der Waals surface area contributed by atoms with Gasteiger partial charge in [0.25, 0.3) is 5.82 Å². The van der Waals surface area contributed by atoms with Gasteiger partial charge in [-0.15, -0.1) is 5.10 Å². The van der Waals surface area contributed by atoms with Crippen molar-refractivity contribution in [3.63, 3.8) is 0 Å². The van der Waals surface area contributed by atoms with Crippen LogP contribution in [0.2, 0.25) is 10.0 Å². The number of hydrogen-bond donors (Lipinski definition) is 1. The third-order valence-electron chi connectivity index (χ3n) is 2.34. The maximum Gasteiger partial charge on any atom is 0.375 e. The average Bonchev–Trinajstić information content (AvgIpc) is 2.76. The van der Waals surface area contributed by atoms with Gasteiger partial charge in [-0.2, -0.15) is 0 Å². The van der Waals surface area contributed by atoms with Crippen LogP contribution in [0.15, 0.2) is 18.2 Å². The van der Waals surface area contributed by atoms with Gasteiger partial charge in [0, 0.05) is 6.42 Å². The smallest absolute Gasteiger partial charge is 0.375 e. The number of carboxylic acids is 1. The van der Waals surface area contributed by atoms with Gasteiger partial charge in [-0.3, -0.25) is 0 Å². The van der Waals surface area contributed by atoms with Crippen LogP contribution in [0, 0.1) is 0 Å². The average molecular weight is 286 g/mol. The zero-order chi connectivity index (χ0) is 13.3. The third-order valence-corrected chi connectivity index (χ3v) is 3.15. The van der Waals surface area contributed by atoms with Gasteiger partial charge >= 0.3 is 5.97 Å². The molecule has 0 atom stereocenters. The summed E-state index contributed by atoms with van der Waals surface area (Å²) in [6.45, 7) is 1.85. The van der Waals surface area contributed by atoms with Crippen molar-refractivity contribution in [2.45, 2.75) is 13.3 Å². The summed E-state index contributed by atoms with van der Waals surface area (Å²) in [5.41, 5.74) is 0.515. The fourth-order valence-corrected chi connectivity index (χ4v) is 1.89. The molecule has 18 heavy (non-hydrogen) atoms. The molecule has 0 unspecified atom stereocenters. The first kappa shape index (κ1) is 12.9. The molecule has 1 aromatic carbocycles. The van der Waals surface area contributed by atoms with Crippen molar-refractivity contribution < 1.29 is 9.90 Å². The number of aryl methyl sites for hydroxylation is 1. The summed E-state index contributed by atoms with van der Waals surface area (Å²) in [7, 11) is 0. The molecule has 94 valence electrons. The Hall–Kier alpha value is -1.59. The standard InChI is InChI=1S/C11H9Cl2N3O2/c1-2-8-14-10(11(17)18)15-16(8)7-5-3-4-6(12)9(7)13/h3-5H,2H2,1H3,(H,17,18). The van der Waals surface area contributed by atoms with Gasteiger partial charge in [-0.1, -0.05) is 36.2 Å². The number of carbonyl (C=O) groups is 1. The minimum atomic E-state index is -1.18. The summed E-state index contributed by atoms with van der Waals surface area (Å²) in [4.78, 5) is 14.8. The Morgan fingerprint density at radius 3 is 2.78 bits per heavy atom. The Labute approximate surface area is 113 Å². The molecule has 0 aliphatic heterocycles. The van der Waals surface area contributed by atoms with Crippen LogP contribution in [0.1, 0.15) is 23.4 Å². The van der Waals surface area contributed by atoms with Crippen molar-refractivity contribution in [3.8, 4) is 5.69 Å². The molecule has 0 aliphatic rings. The predicted octanol–water partition coefficient (Wildman–Crippen LogP) is 2.83. The molecular weight excluding hydrogens is 277 g/mol. The third kappa shape index (κ3) is 2.19. The van der Waals surface area contributed by atoms with Gasteiger partial charge < -0.3 is 5.11 Å². The Kier molecular flexibility index (Phi) is 3.54. The van der Waals surface area contributed by atoms with Crippen LogP contribution in [0.5, 0.6) is 0 Å². The highest BCUT2D eigenvalue weighted by atomic mass is 35.5. The molecule has 0 fully saturated rings. The predicted molar refractivity (Wildman–Crippen MR) is 67.7 cm³/mol. The zero-order valence-electron chi connectivity index (χ0n) is 9.39. The topological polar surface area (TPSA) is 68.0 Å². The van der Waals surface area contributed by atoms with Crippen molar-refractivity contribution in [1.82, 2.24) is 14.8 Å². The van der Waals surface area contributed by atoms with Crippen molar-refractivity contribution in [2.24, 2.45) is 0 Å². The molecular formula is C11H9Cl2N3O2. The Morgan fingerprint density at radius 1 is 1.44 bits per heavy atom. The van der Waals surface area contributed by atoms with Gasteiger partial charge in [-0.05, 0) is 12.1 Å². The highest BCUT2D eigenvalue weighted by Gasteiger charge is 2.17. The van der Waals surface area contributed by atoms with Crippen molar-refractivity contribution in [3.05, 3.63) is 39.9 Å². The minimum absolute atomic E-state index is 0.261. The van der Waals surface area contributed by atoms with Crippen LogP contribution in [0.3, 0.4) is 0 Å². The van der Waals surface area contributed by atoms with Crippen molar-refractivity contribution in [1.29, 1.82) is 0 Å². The molecule has 5 nitrogen and oxygen atoms in total. The fraction of sp³-hybridized carbons (Fsp3) is 0.182. The van der Waals surface area contributed by atoms with Crippen molar-refractivity contribution in [2.75, 3.05) is 0 Å². The summed E-state index contributed by atoms with van der Waals surface area (Å²) < 4.78 is 1.40. The summed E-state index contributed by atoms with van der Waals surface area (Å²) >= 11 is 12.0. The molecule has 0 bridgehead atoms. The van der Waals surface area contributed by atoms with Crippen LogP contribution < -0.4 is 0 Å². The number of hydrogen-bond acceptors (Lipinski definition) is 3. The van der Waals surface area contributed by atoms with E-state index in [4.69, 9.17) is 28.3 Å². The summed E-state index contributed by atoms with van der Waals surface area (Å²) in [5, 5.41) is 13.5. The number of aromatic carboxylic acids is 1. The first-order chi connectivity index (χ1) is 8.54. The minimum Gasteiger partial charge on any atom is -0.475 e. The fourth-order valence-electron chi connectivity index (χ4n) is 1.51. The lowest BCUT2D eigenvalue weighted by Crippen LogP contribution is -2.04. The Balaban J connectivity index is 2.63. The lowest BCUT2D eigenvalue weighted by Gasteiger charge is -2.07. The van der Waals surface area contributed by atoms with E-state index in [9.17, 15) is 4.79 Å². The van der Waals surface area contributed by atoms with E-state index in [1.165, 1.54) is 4.68 Å². The van der Waals surface area contributed by atoms with Gasteiger partial charge in [-0.25, -0.2) is 14.5 Å². The quantitative estimate of drug-likeness (QED) is 0.942. The van der Waals surface area contributed by atoms with Crippen molar-refractivity contribution >= 4 is 29.2 Å². The van der Waals surface area contributed by atoms with Gasteiger partial charge in [0.05, 0.1) is 15.7 Å². The second-order valence-corrected chi connectivity index (χ2v) is 4.28. The van der Waals surface area contributed by atoms with Gasteiger partial charge in [0.1, 0.15) is 5.82 Å². The molecule has 0 saturated heterocycles. The molecule has 2 aromatic rings. The van der Waals surface area contributed by atoms with Crippen LogP contribution in [-0.2, 0) is 6.42 Å². The van der Waals surface area contributed by atoms with E-state index < -0.39 is 5.97 Å². The summed E-state index contributed by atoms with van der Waals surface area (Å²) in [6, 6.07) is 5.06. The largest absolute Gasteiger partial charge is 0.475 e. The van der Waals surface area contributed by atoms with E-state index in [0.29, 0.717) is 28.0 Å². The van der Waals surface area contributed by atoms with Crippen LogP contribution in [-0.4, -0.2) is 25.8 Å². The van der Waals surface area contributed by atoms with E-state index in [1.807, 2.05) is 6.92 Å². The molecule has 1 N–H and O–H groups in total. The maximum absolute atomic E-state index is 10.9. The number of halogens is 2. The lowest BCUT2D eigenvalue weighted by molar-refractivity contribution is 0.0683. The molecule has 0 aliphatic carbocycles. The van der Waals surface area contributed by atoms with Gasteiger partial charge in [0.15, 0.2) is 0 Å². The summed E-state index contributed by atoms with van der Waals surface area (Å²) in [5.74, 6) is -0.930. The molecule has 0 radical (unpaired) electrons.